The molecule has 0 aliphatic rings. The summed E-state index contributed by atoms with van der Waals surface area (Å²) in [5.74, 6) is -0.537. The molecule has 0 atom stereocenters. The smallest absolute Gasteiger partial charge is 0.406 e. The van der Waals surface area contributed by atoms with Gasteiger partial charge in [0, 0.05) is 34.1 Å². The molecule has 1 aromatic heterocycles. The number of nitrogens with one attached hydrogen (secondary N) is 1. The lowest BCUT2D eigenvalue weighted by Gasteiger charge is -2.12. The highest BCUT2D eigenvalue weighted by atomic mass is 35.5. The lowest BCUT2D eigenvalue weighted by molar-refractivity contribution is -0.274. The van der Waals surface area contributed by atoms with E-state index in [0.717, 1.165) is 5.56 Å². The average molecular weight is 501 g/mol. The lowest BCUT2D eigenvalue weighted by Crippen LogP contribution is -2.21. The minimum Gasteiger partial charge on any atom is -0.406 e. The summed E-state index contributed by atoms with van der Waals surface area (Å²) in [6.07, 6.45) is -2.47. The van der Waals surface area contributed by atoms with Gasteiger partial charge in [0.1, 0.15) is 5.75 Å². The molecule has 0 spiro atoms. The maximum atomic E-state index is 13.0. The van der Waals surface area contributed by atoms with Crippen molar-refractivity contribution in [3.63, 3.8) is 0 Å². The van der Waals surface area contributed by atoms with E-state index in [0.29, 0.717) is 33.5 Å². The van der Waals surface area contributed by atoms with Gasteiger partial charge in [0.25, 0.3) is 5.56 Å². The number of benzene rings is 3. The normalized spacial score (nSPS) is 11.4. The number of aromatic nitrogens is 1. The molecule has 0 aliphatic heterocycles. The number of alkyl halides is 3. The van der Waals surface area contributed by atoms with Crippen molar-refractivity contribution in [2.24, 2.45) is 0 Å². The topological polar surface area (TPSA) is 60.3 Å². The van der Waals surface area contributed by atoms with Crippen molar-refractivity contribution in [2.45, 2.75) is 25.7 Å². The lowest BCUT2D eigenvalue weighted by atomic mass is 10.1. The van der Waals surface area contributed by atoms with Crippen LogP contribution in [-0.4, -0.2) is 16.8 Å². The van der Waals surface area contributed by atoms with Crippen LogP contribution in [0.5, 0.6) is 5.75 Å². The van der Waals surface area contributed by atoms with E-state index < -0.39 is 6.36 Å². The highest BCUT2D eigenvalue weighted by molar-refractivity contribution is 6.31. The number of hydrogen-bond donors (Lipinski definition) is 1. The summed E-state index contributed by atoms with van der Waals surface area (Å²) in [6, 6.07) is 19.4. The summed E-state index contributed by atoms with van der Waals surface area (Å²) in [7, 11) is 0. The van der Waals surface area contributed by atoms with Crippen molar-refractivity contribution in [3.8, 4) is 5.75 Å². The van der Waals surface area contributed by atoms with Gasteiger partial charge in [-0.25, -0.2) is 0 Å². The van der Waals surface area contributed by atoms with Crippen LogP contribution in [0, 0.1) is 0 Å². The van der Waals surface area contributed by atoms with Crippen molar-refractivity contribution >= 4 is 34.0 Å². The first-order valence-corrected chi connectivity index (χ1v) is 11.1. The molecule has 35 heavy (non-hydrogen) atoms. The molecule has 1 amide bonds. The summed E-state index contributed by atoms with van der Waals surface area (Å²) < 4.78 is 42.3. The van der Waals surface area contributed by atoms with Crippen molar-refractivity contribution < 1.29 is 22.7 Å². The van der Waals surface area contributed by atoms with Gasteiger partial charge < -0.3 is 14.6 Å². The summed E-state index contributed by atoms with van der Waals surface area (Å²) >= 11 is 6.15. The van der Waals surface area contributed by atoms with Crippen LogP contribution >= 0.6 is 11.6 Å². The first-order valence-electron chi connectivity index (χ1n) is 10.7. The van der Waals surface area contributed by atoms with Crippen molar-refractivity contribution in [1.29, 1.82) is 0 Å². The summed E-state index contributed by atoms with van der Waals surface area (Å²) in [4.78, 5) is 25.6. The van der Waals surface area contributed by atoms with Crippen LogP contribution in [0.2, 0.25) is 5.02 Å². The fourth-order valence-electron chi connectivity index (χ4n) is 3.71. The summed E-state index contributed by atoms with van der Waals surface area (Å²) in [6.45, 7) is 0.162. The number of carbonyl (C=O) groups is 1. The number of halogens is 4. The van der Waals surface area contributed by atoms with Crippen LogP contribution in [0.15, 0.2) is 83.8 Å². The number of aryl methyl sites for hydroxylation is 1. The minimum absolute atomic E-state index is 0.162. The fourth-order valence-corrected chi connectivity index (χ4v) is 3.94. The number of carbonyl (C=O) groups excluding carboxylic acids is 1. The predicted molar refractivity (Wildman–Crippen MR) is 129 cm³/mol. The Hall–Kier alpha value is -3.78. The van der Waals surface area contributed by atoms with Gasteiger partial charge in [-0.15, -0.1) is 13.2 Å². The molecule has 4 aromatic rings. The van der Waals surface area contributed by atoms with Gasteiger partial charge in [0.05, 0.1) is 6.54 Å². The third-order valence-corrected chi connectivity index (χ3v) is 5.75. The molecule has 0 fully saturated rings. The van der Waals surface area contributed by atoms with Crippen LogP contribution < -0.4 is 15.6 Å². The number of pyridine rings is 1. The van der Waals surface area contributed by atoms with Crippen LogP contribution in [0.25, 0.3) is 10.8 Å². The molecule has 1 N–H and O–H groups in total. The Morgan fingerprint density at radius 1 is 0.943 bits per heavy atom. The van der Waals surface area contributed by atoms with Gasteiger partial charge >= 0.3 is 6.36 Å². The van der Waals surface area contributed by atoms with E-state index in [1.165, 1.54) is 28.8 Å². The van der Waals surface area contributed by atoms with Gasteiger partial charge in [-0.1, -0.05) is 48.0 Å². The predicted octanol–water partition coefficient (Wildman–Crippen LogP) is 6.17. The Morgan fingerprint density at radius 2 is 1.69 bits per heavy atom. The molecule has 1 heterocycles. The number of nitrogens with zero attached hydrogens (tertiary/aromatic N) is 1. The van der Waals surface area contributed by atoms with Crippen molar-refractivity contribution in [3.05, 3.63) is 105 Å². The van der Waals surface area contributed by atoms with Crippen molar-refractivity contribution in [1.82, 2.24) is 4.57 Å². The highest BCUT2D eigenvalue weighted by Crippen LogP contribution is 2.24. The molecule has 0 aliphatic carbocycles. The van der Waals surface area contributed by atoms with Crippen molar-refractivity contribution in [2.75, 3.05) is 5.32 Å². The number of ether oxygens (including phenoxy) is 1. The second-order valence-electron chi connectivity index (χ2n) is 7.85. The van der Waals surface area contributed by atoms with Gasteiger partial charge in [-0.3, -0.25) is 9.59 Å². The molecule has 9 heteroatoms. The molecule has 0 unspecified atom stereocenters. The Labute approximate surface area is 203 Å². The van der Waals surface area contributed by atoms with Gasteiger partial charge in [-0.2, -0.15) is 0 Å². The molecule has 4 rings (SSSR count). The van der Waals surface area contributed by atoms with E-state index in [-0.39, 0.29) is 30.2 Å². The fraction of sp³-hybridized carbons (Fsp3) is 0.154. The Balaban J connectivity index is 1.48. The second kappa shape index (κ2) is 10.2. The monoisotopic (exact) mass is 500 g/mol. The van der Waals surface area contributed by atoms with Crippen LogP contribution in [-0.2, 0) is 17.8 Å². The third-order valence-electron chi connectivity index (χ3n) is 5.38. The number of rotatable bonds is 7. The maximum Gasteiger partial charge on any atom is 0.573 e. The molecular weight excluding hydrogens is 481 g/mol. The minimum atomic E-state index is -4.77. The zero-order valence-electron chi connectivity index (χ0n) is 18.3. The average Bonchev–Trinajstić information content (AvgIpc) is 2.81. The standard InChI is InChI=1S/C26H20ClF3N2O3/c27-22-6-2-1-4-18(22)10-13-24(33)31-23-7-3-5-21-20(23)14-15-32(25(21)34)16-17-8-11-19(12-9-17)35-26(28,29)30/h1-9,11-12,14-15H,10,13,16H2,(H,31,33). The molecule has 0 radical (unpaired) electrons. The Morgan fingerprint density at radius 3 is 2.40 bits per heavy atom. The zero-order valence-corrected chi connectivity index (χ0v) is 19.1. The number of fused-ring (bicyclic) bond motifs is 1. The largest absolute Gasteiger partial charge is 0.573 e. The first kappa shape index (κ1) is 24.3. The number of hydrogen-bond acceptors (Lipinski definition) is 3. The third kappa shape index (κ3) is 6.22. The van der Waals surface area contributed by atoms with Crippen LogP contribution in [0.1, 0.15) is 17.5 Å². The summed E-state index contributed by atoms with van der Waals surface area (Å²) in [5.41, 5.74) is 1.74. The molecule has 0 saturated carbocycles. The zero-order chi connectivity index (χ0) is 25.0. The first-order chi connectivity index (χ1) is 16.7. The maximum absolute atomic E-state index is 13.0. The van der Waals surface area contributed by atoms with Gasteiger partial charge in [0.15, 0.2) is 0 Å². The van der Waals surface area contributed by atoms with E-state index in [9.17, 15) is 22.8 Å². The van der Waals surface area contributed by atoms with E-state index in [1.54, 1.807) is 36.5 Å². The number of anilines is 1. The molecular formula is C26H20ClF3N2O3. The second-order valence-corrected chi connectivity index (χ2v) is 8.25. The molecule has 5 nitrogen and oxygen atoms in total. The quantitative estimate of drug-likeness (QED) is 0.330. The summed E-state index contributed by atoms with van der Waals surface area (Å²) in [5, 5.41) is 4.47. The molecule has 180 valence electrons. The van der Waals surface area contributed by atoms with E-state index in [4.69, 9.17) is 11.6 Å². The van der Waals surface area contributed by atoms with Gasteiger partial charge in [0.2, 0.25) is 5.91 Å². The Kier molecular flexibility index (Phi) is 7.12. The van der Waals surface area contributed by atoms with Gasteiger partial charge in [-0.05, 0) is 53.9 Å². The van der Waals surface area contributed by atoms with E-state index in [2.05, 4.69) is 10.1 Å². The molecule has 0 bridgehead atoms. The molecule has 3 aromatic carbocycles. The van der Waals surface area contributed by atoms with Crippen LogP contribution in [0.3, 0.4) is 0 Å². The van der Waals surface area contributed by atoms with Crippen LogP contribution in [0.4, 0.5) is 18.9 Å². The Bertz CT molecular complexity index is 1420. The SMILES string of the molecule is O=C(CCc1ccccc1Cl)Nc1cccc2c(=O)n(Cc3ccc(OC(F)(F)F)cc3)ccc12. The highest BCUT2D eigenvalue weighted by Gasteiger charge is 2.30. The molecule has 0 saturated heterocycles. The van der Waals surface area contributed by atoms with E-state index in [1.807, 2.05) is 18.2 Å². The number of amides is 1. The van der Waals surface area contributed by atoms with E-state index >= 15 is 0 Å².